The molecule has 0 spiro atoms. The monoisotopic (exact) mass is 246 g/mol. The van der Waals surface area contributed by atoms with Crippen LogP contribution in [0.5, 0.6) is 23.0 Å². The van der Waals surface area contributed by atoms with Crippen molar-refractivity contribution < 1.29 is 25.2 Å². The number of carbonyl (C=O) groups excluding carboxylic acids is 1. The van der Waals surface area contributed by atoms with E-state index in [1.807, 2.05) is 0 Å². The van der Waals surface area contributed by atoms with E-state index < -0.39 is 23.0 Å². The van der Waals surface area contributed by atoms with Crippen LogP contribution in [0.2, 0.25) is 0 Å². The maximum Gasteiger partial charge on any atom is 0.196 e. The van der Waals surface area contributed by atoms with Crippen LogP contribution in [0, 0.1) is 0 Å². The predicted octanol–water partition coefficient (Wildman–Crippen LogP) is 1.74. The number of hydrogen-bond acceptors (Lipinski definition) is 5. The van der Waals surface area contributed by atoms with Crippen molar-refractivity contribution in [2.75, 3.05) is 0 Å². The molecule has 2 aromatic carbocycles. The highest BCUT2D eigenvalue weighted by Gasteiger charge is 2.16. The minimum atomic E-state index is -0.525. The number of rotatable bonds is 2. The molecule has 0 unspecified atom stereocenters. The quantitative estimate of drug-likeness (QED) is 0.367. The predicted molar refractivity (Wildman–Crippen MR) is 63.0 cm³/mol. The molecule has 4 N–H and O–H groups in total. The number of phenols is 4. The summed E-state index contributed by atoms with van der Waals surface area (Å²) in [5.41, 5.74) is 0.115. The maximum atomic E-state index is 12.0. The molecule has 18 heavy (non-hydrogen) atoms. The van der Waals surface area contributed by atoms with Gasteiger partial charge in [-0.05, 0) is 30.3 Å². The molecule has 5 nitrogen and oxygen atoms in total. The fraction of sp³-hybridized carbons (Fsp3) is 0. The Morgan fingerprint density at radius 3 is 1.94 bits per heavy atom. The summed E-state index contributed by atoms with van der Waals surface area (Å²) in [5.74, 6) is -1.93. The Kier molecular flexibility index (Phi) is 2.81. The maximum absolute atomic E-state index is 12.0. The van der Waals surface area contributed by atoms with Crippen LogP contribution in [-0.4, -0.2) is 26.2 Å². The highest BCUT2D eigenvalue weighted by Crippen LogP contribution is 2.33. The van der Waals surface area contributed by atoms with Crippen LogP contribution < -0.4 is 0 Å². The number of carbonyl (C=O) groups is 1. The zero-order valence-electron chi connectivity index (χ0n) is 9.16. The van der Waals surface area contributed by atoms with E-state index in [1.165, 1.54) is 24.3 Å². The van der Waals surface area contributed by atoms with Crippen molar-refractivity contribution >= 4 is 5.78 Å². The molecule has 92 valence electrons. The number of benzene rings is 2. The van der Waals surface area contributed by atoms with Gasteiger partial charge in [-0.1, -0.05) is 0 Å². The number of ketones is 1. The third-order valence-corrected chi connectivity index (χ3v) is 2.47. The van der Waals surface area contributed by atoms with Gasteiger partial charge in [-0.3, -0.25) is 4.79 Å². The van der Waals surface area contributed by atoms with Crippen LogP contribution in [0.25, 0.3) is 0 Å². The number of hydrogen-bond donors (Lipinski definition) is 4. The summed E-state index contributed by atoms with van der Waals surface area (Å²) in [4.78, 5) is 12.0. The molecule has 0 atom stereocenters. The Balaban J connectivity index is 2.46. The minimum Gasteiger partial charge on any atom is -0.508 e. The van der Waals surface area contributed by atoms with Crippen molar-refractivity contribution in [3.05, 3.63) is 47.5 Å². The van der Waals surface area contributed by atoms with Gasteiger partial charge in [0.15, 0.2) is 17.3 Å². The molecule has 0 aliphatic carbocycles. The molecule has 0 saturated carbocycles. The lowest BCUT2D eigenvalue weighted by Gasteiger charge is -2.06. The molecule has 0 aromatic heterocycles. The van der Waals surface area contributed by atoms with Gasteiger partial charge in [0.1, 0.15) is 11.5 Å². The van der Waals surface area contributed by atoms with Gasteiger partial charge >= 0.3 is 0 Å². The molecule has 0 amide bonds. The molecule has 0 fully saturated rings. The van der Waals surface area contributed by atoms with Crippen LogP contribution in [0.3, 0.4) is 0 Å². The Morgan fingerprint density at radius 2 is 1.33 bits per heavy atom. The van der Waals surface area contributed by atoms with E-state index in [-0.39, 0.29) is 16.9 Å². The van der Waals surface area contributed by atoms with E-state index in [4.69, 9.17) is 10.2 Å². The molecule has 0 bridgehead atoms. The van der Waals surface area contributed by atoms with Crippen molar-refractivity contribution in [1.82, 2.24) is 0 Å². The first-order valence-corrected chi connectivity index (χ1v) is 5.07. The zero-order chi connectivity index (χ0) is 13.3. The Bertz CT molecular complexity index is 602. The van der Waals surface area contributed by atoms with Crippen molar-refractivity contribution in [1.29, 1.82) is 0 Å². The smallest absolute Gasteiger partial charge is 0.196 e. The normalized spacial score (nSPS) is 10.2. The molecule has 2 rings (SSSR count). The van der Waals surface area contributed by atoms with E-state index in [0.717, 1.165) is 12.1 Å². The van der Waals surface area contributed by atoms with Crippen LogP contribution in [0.1, 0.15) is 15.9 Å². The van der Waals surface area contributed by atoms with Crippen LogP contribution in [0.15, 0.2) is 36.4 Å². The third-order valence-electron chi connectivity index (χ3n) is 2.47. The molecule has 0 heterocycles. The highest BCUT2D eigenvalue weighted by molar-refractivity contribution is 6.11. The minimum absolute atomic E-state index is 0.0179. The molecular formula is C13H10O5. The first-order valence-electron chi connectivity index (χ1n) is 5.07. The Labute approximate surface area is 102 Å². The van der Waals surface area contributed by atoms with Gasteiger partial charge in [0.25, 0.3) is 0 Å². The highest BCUT2D eigenvalue weighted by atomic mass is 16.3. The first-order chi connectivity index (χ1) is 8.49. The second kappa shape index (κ2) is 4.29. The van der Waals surface area contributed by atoms with Crippen molar-refractivity contribution in [3.63, 3.8) is 0 Å². The average Bonchev–Trinajstić information content (AvgIpc) is 2.34. The summed E-state index contributed by atoms with van der Waals surface area (Å²) >= 11 is 0. The zero-order valence-corrected chi connectivity index (χ0v) is 9.16. The summed E-state index contributed by atoms with van der Waals surface area (Å²) in [7, 11) is 0. The molecule has 0 radical (unpaired) electrons. The van der Waals surface area contributed by atoms with E-state index >= 15 is 0 Å². The molecular weight excluding hydrogens is 236 g/mol. The Morgan fingerprint density at radius 1 is 0.778 bits per heavy atom. The lowest BCUT2D eigenvalue weighted by atomic mass is 10.0. The lowest BCUT2D eigenvalue weighted by Crippen LogP contribution is -2.01. The number of phenolic OH excluding ortho intramolecular Hbond substituents is 4. The second-order valence-electron chi connectivity index (χ2n) is 3.73. The largest absolute Gasteiger partial charge is 0.508 e. The molecule has 5 heteroatoms. The van der Waals surface area contributed by atoms with Gasteiger partial charge in [0.05, 0.1) is 5.56 Å². The van der Waals surface area contributed by atoms with E-state index in [0.29, 0.717) is 0 Å². The first kappa shape index (κ1) is 11.8. The molecule has 0 aliphatic heterocycles. The van der Waals surface area contributed by atoms with Gasteiger partial charge in [-0.25, -0.2) is 0 Å². The standard InChI is InChI=1S/C13H10O5/c14-8-3-1-7(2-4-8)13(18)9-5-11(16)12(17)6-10(9)15/h1-6,14-17H. The molecule has 0 aliphatic rings. The summed E-state index contributed by atoms with van der Waals surface area (Å²) in [6, 6.07) is 7.33. The fourth-order valence-corrected chi connectivity index (χ4v) is 1.52. The Hall–Kier alpha value is -2.69. The topological polar surface area (TPSA) is 98.0 Å². The fourth-order valence-electron chi connectivity index (χ4n) is 1.52. The average molecular weight is 246 g/mol. The van der Waals surface area contributed by atoms with Gasteiger partial charge < -0.3 is 20.4 Å². The molecule has 0 saturated heterocycles. The van der Waals surface area contributed by atoms with Crippen molar-refractivity contribution in [3.8, 4) is 23.0 Å². The SMILES string of the molecule is O=C(c1ccc(O)cc1)c1cc(O)c(O)cc1O. The van der Waals surface area contributed by atoms with Crippen LogP contribution in [-0.2, 0) is 0 Å². The van der Waals surface area contributed by atoms with Gasteiger partial charge in [0, 0.05) is 11.6 Å². The lowest BCUT2D eigenvalue weighted by molar-refractivity contribution is 0.103. The summed E-state index contributed by atoms with van der Waals surface area (Å²) in [5, 5.41) is 37.1. The van der Waals surface area contributed by atoms with Crippen LogP contribution >= 0.6 is 0 Å². The number of aromatic hydroxyl groups is 4. The van der Waals surface area contributed by atoms with Crippen LogP contribution in [0.4, 0.5) is 0 Å². The van der Waals surface area contributed by atoms with Gasteiger partial charge in [-0.2, -0.15) is 0 Å². The third kappa shape index (κ3) is 2.06. The summed E-state index contributed by atoms with van der Waals surface area (Å²) < 4.78 is 0. The van der Waals surface area contributed by atoms with Gasteiger partial charge in [0.2, 0.25) is 0 Å². The van der Waals surface area contributed by atoms with Crippen molar-refractivity contribution in [2.24, 2.45) is 0 Å². The van der Waals surface area contributed by atoms with Gasteiger partial charge in [-0.15, -0.1) is 0 Å². The summed E-state index contributed by atoms with van der Waals surface area (Å²) in [6.45, 7) is 0. The van der Waals surface area contributed by atoms with Crippen molar-refractivity contribution in [2.45, 2.75) is 0 Å². The van der Waals surface area contributed by atoms with E-state index in [2.05, 4.69) is 0 Å². The second-order valence-corrected chi connectivity index (χ2v) is 3.73. The summed E-state index contributed by atoms with van der Waals surface area (Å²) in [6.07, 6.45) is 0. The van der Waals surface area contributed by atoms with E-state index in [1.54, 1.807) is 0 Å². The molecule has 2 aromatic rings. The van der Waals surface area contributed by atoms with E-state index in [9.17, 15) is 15.0 Å².